The van der Waals surface area contributed by atoms with E-state index >= 15 is 0 Å². The lowest BCUT2D eigenvalue weighted by atomic mass is 9.76. The molecule has 0 amide bonds. The lowest BCUT2D eigenvalue weighted by Crippen LogP contribution is -2.16. The molecule has 1 unspecified atom stereocenters. The molecule has 7 aromatic rings. The molecule has 0 N–H and O–H groups in total. The Balaban J connectivity index is 1.39. The summed E-state index contributed by atoms with van der Waals surface area (Å²) in [4.78, 5) is 2.63. The predicted octanol–water partition coefficient (Wildman–Crippen LogP) is 19.8. The van der Waals surface area contributed by atoms with E-state index in [9.17, 15) is 0 Å². The average Bonchev–Trinajstić information content (AvgIpc) is 3.33. The molecule has 348 valence electrons. The molecular weight excluding hydrogens is 807 g/mol. The molecule has 0 saturated heterocycles. The highest BCUT2D eigenvalue weighted by molar-refractivity contribution is 6.17. The first-order valence-electron chi connectivity index (χ1n) is 26.4. The number of fused-ring (bicyclic) bond motifs is 2. The molecule has 0 aliphatic heterocycles. The van der Waals surface area contributed by atoms with Crippen molar-refractivity contribution < 1.29 is 0 Å². The summed E-state index contributed by atoms with van der Waals surface area (Å²) >= 11 is 0. The Bertz CT molecular complexity index is 2760. The molecule has 2 saturated carbocycles. The van der Waals surface area contributed by atoms with Crippen LogP contribution >= 0.6 is 0 Å². The van der Waals surface area contributed by atoms with E-state index in [1.165, 1.54) is 153 Å². The summed E-state index contributed by atoms with van der Waals surface area (Å²) in [5.74, 6) is 2.29. The fourth-order valence-corrected chi connectivity index (χ4v) is 11.7. The molecule has 0 radical (unpaired) electrons. The predicted molar refractivity (Wildman–Crippen MR) is 292 cm³/mol. The standard InChI is InChI=1S/C66H79N/c1-44(2)47-23-21-46(22-24-47)41-60(51-25-31-54(32-26-51)65(5,6)7)63-58-39-29-53(50-19-15-12-16-20-50)43-62(58)64(59-40-30-52(42-61(59)63)49-17-13-11-14-18-49)67(56-35-27-48(28-36-56)45(3)4)57-37-33-55(34-38-57)66(8,9)10/h21-40,42-45,49-50,60H,11-20,41H2,1-10H3. The third kappa shape index (κ3) is 10.0. The Kier molecular flexibility index (Phi) is 13.6. The van der Waals surface area contributed by atoms with Crippen LogP contribution < -0.4 is 4.90 Å². The molecule has 0 spiro atoms. The van der Waals surface area contributed by atoms with Crippen LogP contribution in [0, 0.1) is 0 Å². The van der Waals surface area contributed by atoms with Crippen LogP contribution in [-0.2, 0) is 17.3 Å². The van der Waals surface area contributed by atoms with Crippen molar-refractivity contribution in [1.29, 1.82) is 0 Å². The summed E-state index contributed by atoms with van der Waals surface area (Å²) in [5.41, 5.74) is 16.7. The van der Waals surface area contributed by atoms with Gasteiger partial charge in [0.2, 0.25) is 0 Å². The number of rotatable bonds is 11. The van der Waals surface area contributed by atoms with Crippen molar-refractivity contribution in [2.24, 2.45) is 0 Å². The molecule has 0 bridgehead atoms. The molecule has 1 nitrogen and oxygen atoms in total. The first kappa shape index (κ1) is 46.9. The van der Waals surface area contributed by atoms with E-state index in [0.29, 0.717) is 23.7 Å². The zero-order valence-corrected chi connectivity index (χ0v) is 42.8. The van der Waals surface area contributed by atoms with Crippen molar-refractivity contribution in [2.45, 2.75) is 180 Å². The molecule has 0 heterocycles. The van der Waals surface area contributed by atoms with Gasteiger partial charge in [-0.1, -0.05) is 211 Å². The van der Waals surface area contributed by atoms with E-state index in [2.05, 4.69) is 208 Å². The van der Waals surface area contributed by atoms with E-state index in [0.717, 1.165) is 6.42 Å². The number of anilines is 3. The van der Waals surface area contributed by atoms with Crippen molar-refractivity contribution in [3.8, 4) is 0 Å². The van der Waals surface area contributed by atoms with Crippen molar-refractivity contribution in [2.75, 3.05) is 4.90 Å². The smallest absolute Gasteiger partial charge is 0.0618 e. The van der Waals surface area contributed by atoms with Gasteiger partial charge in [-0.2, -0.15) is 0 Å². The lowest BCUT2D eigenvalue weighted by Gasteiger charge is -2.33. The second kappa shape index (κ2) is 19.5. The SMILES string of the molecule is CC(C)c1ccc(CC(c2ccc(C(C)(C)C)cc2)c2c3cc(C4CCCCC4)ccc3c(N(c3ccc(C(C)C)cc3)c3ccc(C(C)(C)C)cc3)c3cc(C4CCCCC4)ccc23)cc1. The van der Waals surface area contributed by atoms with Crippen LogP contribution in [-0.4, -0.2) is 0 Å². The van der Waals surface area contributed by atoms with Gasteiger partial charge in [0, 0.05) is 28.1 Å². The molecule has 1 heteroatoms. The van der Waals surface area contributed by atoms with E-state index in [-0.39, 0.29) is 16.7 Å². The maximum atomic E-state index is 2.68. The number of benzene rings is 7. The summed E-state index contributed by atoms with van der Waals surface area (Å²) in [6.45, 7) is 23.2. The zero-order chi connectivity index (χ0) is 47.0. The topological polar surface area (TPSA) is 3.24 Å². The fraction of sp³-hybridized carbons (Fsp3) is 0.424. The second-order valence-corrected chi connectivity index (χ2v) is 23.4. The van der Waals surface area contributed by atoms with E-state index in [1.807, 2.05) is 0 Å². The van der Waals surface area contributed by atoms with Gasteiger partial charge < -0.3 is 4.90 Å². The van der Waals surface area contributed by atoms with E-state index in [4.69, 9.17) is 0 Å². The Morgan fingerprint density at radius 2 is 0.851 bits per heavy atom. The highest BCUT2D eigenvalue weighted by atomic mass is 15.1. The molecule has 1 atom stereocenters. The van der Waals surface area contributed by atoms with Gasteiger partial charge in [-0.15, -0.1) is 0 Å². The van der Waals surface area contributed by atoms with Crippen LogP contribution in [0.25, 0.3) is 21.5 Å². The van der Waals surface area contributed by atoms with Crippen LogP contribution in [0.3, 0.4) is 0 Å². The van der Waals surface area contributed by atoms with Gasteiger partial charge in [0.25, 0.3) is 0 Å². The Morgan fingerprint density at radius 1 is 0.433 bits per heavy atom. The average molecular weight is 886 g/mol. The minimum Gasteiger partial charge on any atom is -0.309 e. The monoisotopic (exact) mass is 886 g/mol. The maximum absolute atomic E-state index is 2.68. The first-order valence-corrected chi connectivity index (χ1v) is 26.4. The minimum absolute atomic E-state index is 0.0585. The van der Waals surface area contributed by atoms with Crippen LogP contribution in [0.5, 0.6) is 0 Å². The Labute approximate surface area is 405 Å². The van der Waals surface area contributed by atoms with E-state index < -0.39 is 0 Å². The zero-order valence-electron chi connectivity index (χ0n) is 42.8. The van der Waals surface area contributed by atoms with Gasteiger partial charge >= 0.3 is 0 Å². The van der Waals surface area contributed by atoms with Crippen molar-refractivity contribution >= 4 is 38.6 Å². The molecule has 2 aliphatic carbocycles. The number of hydrogen-bond acceptors (Lipinski definition) is 1. The third-order valence-corrected chi connectivity index (χ3v) is 16.0. The highest BCUT2D eigenvalue weighted by Crippen LogP contribution is 2.51. The van der Waals surface area contributed by atoms with Gasteiger partial charge in [-0.05, 0) is 158 Å². The molecule has 9 rings (SSSR count). The maximum Gasteiger partial charge on any atom is 0.0618 e. The van der Waals surface area contributed by atoms with Gasteiger partial charge in [0.1, 0.15) is 0 Å². The van der Waals surface area contributed by atoms with Crippen LogP contribution in [0.4, 0.5) is 17.1 Å². The summed E-state index contributed by atoms with van der Waals surface area (Å²) in [6, 6.07) is 54.0. The lowest BCUT2D eigenvalue weighted by molar-refractivity contribution is 0.444. The third-order valence-electron chi connectivity index (χ3n) is 16.0. The number of hydrogen-bond donors (Lipinski definition) is 0. The molecule has 2 aliphatic rings. The van der Waals surface area contributed by atoms with Crippen LogP contribution in [0.1, 0.15) is 213 Å². The van der Waals surface area contributed by atoms with Crippen molar-refractivity contribution in [1.82, 2.24) is 0 Å². The van der Waals surface area contributed by atoms with Crippen molar-refractivity contribution in [3.63, 3.8) is 0 Å². The summed E-state index contributed by atoms with van der Waals surface area (Å²) in [5, 5.41) is 5.52. The van der Waals surface area contributed by atoms with Gasteiger partial charge in [-0.25, -0.2) is 0 Å². The molecule has 2 fully saturated rings. The van der Waals surface area contributed by atoms with Crippen LogP contribution in [0.2, 0.25) is 0 Å². The molecule has 0 aromatic heterocycles. The molecule has 67 heavy (non-hydrogen) atoms. The van der Waals surface area contributed by atoms with Gasteiger partial charge in [0.15, 0.2) is 0 Å². The number of nitrogens with zero attached hydrogens (tertiary/aromatic N) is 1. The quantitative estimate of drug-likeness (QED) is 0.117. The second-order valence-electron chi connectivity index (χ2n) is 23.4. The highest BCUT2D eigenvalue weighted by Gasteiger charge is 2.30. The Hall–Kier alpha value is -5.14. The van der Waals surface area contributed by atoms with Crippen LogP contribution in [0.15, 0.2) is 133 Å². The van der Waals surface area contributed by atoms with E-state index in [1.54, 1.807) is 0 Å². The summed E-state index contributed by atoms with van der Waals surface area (Å²) in [7, 11) is 0. The summed E-state index contributed by atoms with van der Waals surface area (Å²) in [6.07, 6.45) is 14.0. The van der Waals surface area contributed by atoms with Crippen molar-refractivity contribution in [3.05, 3.63) is 184 Å². The summed E-state index contributed by atoms with van der Waals surface area (Å²) < 4.78 is 0. The normalized spacial score (nSPS) is 16.1. The van der Waals surface area contributed by atoms with Gasteiger partial charge in [0.05, 0.1) is 5.69 Å². The molecular formula is C66H79N. The van der Waals surface area contributed by atoms with Gasteiger partial charge in [-0.3, -0.25) is 0 Å². The minimum atomic E-state index is 0.0585. The first-order chi connectivity index (χ1) is 32.1. The fourth-order valence-electron chi connectivity index (χ4n) is 11.7. The largest absolute Gasteiger partial charge is 0.309 e. The Morgan fingerprint density at radius 3 is 1.33 bits per heavy atom. The molecule has 7 aromatic carbocycles.